The molecule has 1 aromatic heterocycles. The van der Waals surface area contributed by atoms with E-state index in [1.165, 1.54) is 37.9 Å². The van der Waals surface area contributed by atoms with E-state index in [-0.39, 0.29) is 0 Å². The summed E-state index contributed by atoms with van der Waals surface area (Å²) in [6, 6.07) is 10.4. The molecule has 1 aliphatic heterocycles. The molecular weight excluding hydrogens is 250 g/mol. The van der Waals surface area contributed by atoms with Gasteiger partial charge in [0.15, 0.2) is 0 Å². The van der Waals surface area contributed by atoms with E-state index in [0.29, 0.717) is 11.8 Å². The minimum absolute atomic E-state index is 0.362. The number of hydrogen-bond donors (Lipinski definition) is 1. The molecule has 0 radical (unpaired) electrons. The zero-order valence-corrected chi connectivity index (χ0v) is 11.9. The highest BCUT2D eigenvalue weighted by molar-refractivity contribution is 5.62. The van der Waals surface area contributed by atoms with Crippen molar-refractivity contribution in [2.75, 3.05) is 25.9 Å². The van der Waals surface area contributed by atoms with Crippen LogP contribution in [0.1, 0.15) is 30.7 Å². The van der Waals surface area contributed by atoms with E-state index in [4.69, 9.17) is 10.3 Å². The Kier molecular flexibility index (Phi) is 3.74. The maximum Gasteiger partial charge on any atom is 0.222 e. The maximum atomic E-state index is 5.60. The lowest BCUT2D eigenvalue weighted by Gasteiger charge is -2.16. The molecule has 20 heavy (non-hydrogen) atoms. The normalized spacial score (nSPS) is 20.8. The van der Waals surface area contributed by atoms with Crippen molar-refractivity contribution >= 4 is 5.88 Å². The molecule has 1 fully saturated rings. The van der Waals surface area contributed by atoms with Crippen molar-refractivity contribution in [3.63, 3.8) is 0 Å². The average Bonchev–Trinajstić information content (AvgIpc) is 2.77. The van der Waals surface area contributed by atoms with Crippen molar-refractivity contribution in [1.29, 1.82) is 0 Å². The minimum atomic E-state index is 0.362. The van der Waals surface area contributed by atoms with Crippen molar-refractivity contribution in [2.24, 2.45) is 0 Å². The van der Waals surface area contributed by atoms with Gasteiger partial charge in [0.25, 0.3) is 0 Å². The first-order chi connectivity index (χ1) is 9.72. The van der Waals surface area contributed by atoms with Gasteiger partial charge in [0.1, 0.15) is 5.69 Å². The predicted molar refractivity (Wildman–Crippen MR) is 80.4 cm³/mol. The van der Waals surface area contributed by atoms with E-state index >= 15 is 0 Å². The second kappa shape index (κ2) is 5.67. The van der Waals surface area contributed by atoms with Crippen LogP contribution >= 0.6 is 0 Å². The van der Waals surface area contributed by atoms with E-state index in [1.54, 1.807) is 6.07 Å². The van der Waals surface area contributed by atoms with Gasteiger partial charge in [0.2, 0.25) is 5.88 Å². The monoisotopic (exact) mass is 271 g/mol. The molecule has 1 unspecified atom stereocenters. The molecule has 4 heteroatoms. The number of benzene rings is 1. The highest BCUT2D eigenvalue weighted by atomic mass is 16.5. The fraction of sp³-hybridized carbons (Fsp3) is 0.438. The third-order valence-corrected chi connectivity index (χ3v) is 4.13. The standard InChI is InChI=1S/C16H21N3O/c1-19-8-3-6-12(7-9-19)13-4-2-5-14(10-13)15-11-16(17)20-18-15/h2,4-5,10-12H,3,6-9,17H2,1H3. The van der Waals surface area contributed by atoms with Gasteiger partial charge in [0.05, 0.1) is 0 Å². The fourth-order valence-corrected chi connectivity index (χ4v) is 2.95. The summed E-state index contributed by atoms with van der Waals surface area (Å²) in [7, 11) is 2.21. The lowest BCUT2D eigenvalue weighted by Crippen LogP contribution is -2.18. The van der Waals surface area contributed by atoms with Crippen LogP contribution in [0.5, 0.6) is 0 Å². The van der Waals surface area contributed by atoms with Crippen LogP contribution < -0.4 is 5.73 Å². The summed E-state index contributed by atoms with van der Waals surface area (Å²) in [5.41, 5.74) is 8.90. The number of nitrogens with zero attached hydrogens (tertiary/aromatic N) is 2. The largest absolute Gasteiger partial charge is 0.368 e. The molecule has 0 spiro atoms. The lowest BCUT2D eigenvalue weighted by atomic mass is 9.90. The topological polar surface area (TPSA) is 55.3 Å². The number of hydrogen-bond acceptors (Lipinski definition) is 4. The molecule has 0 aliphatic carbocycles. The van der Waals surface area contributed by atoms with Crippen LogP contribution in [0.15, 0.2) is 34.9 Å². The number of aromatic nitrogens is 1. The van der Waals surface area contributed by atoms with Crippen LogP contribution in [0.3, 0.4) is 0 Å². The van der Waals surface area contributed by atoms with Crippen LogP contribution in [0.4, 0.5) is 5.88 Å². The Morgan fingerprint density at radius 3 is 2.95 bits per heavy atom. The molecule has 0 bridgehead atoms. The Bertz CT molecular complexity index is 579. The Labute approximate surface area is 119 Å². The van der Waals surface area contributed by atoms with E-state index < -0.39 is 0 Å². The number of nitrogens with two attached hydrogens (primary N) is 1. The van der Waals surface area contributed by atoms with Crippen molar-refractivity contribution in [3.05, 3.63) is 35.9 Å². The quantitative estimate of drug-likeness (QED) is 0.911. The molecule has 2 N–H and O–H groups in total. The first-order valence-corrected chi connectivity index (χ1v) is 7.23. The summed E-state index contributed by atoms with van der Waals surface area (Å²) >= 11 is 0. The molecule has 4 nitrogen and oxygen atoms in total. The van der Waals surface area contributed by atoms with Crippen LogP contribution in [0.25, 0.3) is 11.3 Å². The van der Waals surface area contributed by atoms with Gasteiger partial charge in [-0.15, -0.1) is 0 Å². The van der Waals surface area contributed by atoms with Gasteiger partial charge < -0.3 is 15.2 Å². The Balaban J connectivity index is 1.83. The van der Waals surface area contributed by atoms with Gasteiger partial charge in [-0.05, 0) is 56.9 Å². The van der Waals surface area contributed by atoms with E-state index in [1.807, 2.05) is 0 Å². The summed E-state index contributed by atoms with van der Waals surface area (Å²) in [5, 5.41) is 3.99. The van der Waals surface area contributed by atoms with Crippen LogP contribution in [0.2, 0.25) is 0 Å². The maximum absolute atomic E-state index is 5.60. The molecule has 2 aromatic rings. The van der Waals surface area contributed by atoms with Crippen molar-refractivity contribution in [3.8, 4) is 11.3 Å². The smallest absolute Gasteiger partial charge is 0.222 e. The fourth-order valence-electron chi connectivity index (χ4n) is 2.95. The van der Waals surface area contributed by atoms with Crippen LogP contribution in [0, 0.1) is 0 Å². The zero-order valence-electron chi connectivity index (χ0n) is 11.9. The second-order valence-corrected chi connectivity index (χ2v) is 5.67. The van der Waals surface area contributed by atoms with E-state index in [2.05, 4.69) is 41.4 Å². The highest BCUT2D eigenvalue weighted by Crippen LogP contribution is 2.30. The van der Waals surface area contributed by atoms with Gasteiger partial charge in [-0.2, -0.15) is 0 Å². The van der Waals surface area contributed by atoms with Crippen molar-refractivity contribution in [2.45, 2.75) is 25.2 Å². The molecule has 3 rings (SSSR count). The summed E-state index contributed by atoms with van der Waals surface area (Å²) < 4.78 is 4.96. The van der Waals surface area contributed by atoms with Gasteiger partial charge >= 0.3 is 0 Å². The third-order valence-electron chi connectivity index (χ3n) is 4.13. The molecule has 1 atom stereocenters. The Morgan fingerprint density at radius 2 is 2.15 bits per heavy atom. The molecule has 106 valence electrons. The molecular formula is C16H21N3O. The third kappa shape index (κ3) is 2.85. The summed E-state index contributed by atoms with van der Waals surface area (Å²) in [5.74, 6) is 1.01. The molecule has 1 aliphatic rings. The van der Waals surface area contributed by atoms with Gasteiger partial charge in [-0.25, -0.2) is 0 Å². The van der Waals surface area contributed by atoms with Gasteiger partial charge in [-0.3, -0.25) is 0 Å². The molecule has 0 amide bonds. The van der Waals surface area contributed by atoms with E-state index in [9.17, 15) is 0 Å². The Morgan fingerprint density at radius 1 is 1.25 bits per heavy atom. The Hall–Kier alpha value is -1.81. The lowest BCUT2D eigenvalue weighted by molar-refractivity contribution is 0.347. The molecule has 1 aromatic carbocycles. The summed E-state index contributed by atoms with van der Waals surface area (Å²) in [6.45, 7) is 2.38. The molecule has 2 heterocycles. The average molecular weight is 271 g/mol. The number of anilines is 1. The summed E-state index contributed by atoms with van der Waals surface area (Å²) in [6.07, 6.45) is 3.75. The molecule has 1 saturated heterocycles. The summed E-state index contributed by atoms with van der Waals surface area (Å²) in [4.78, 5) is 2.42. The zero-order chi connectivity index (χ0) is 13.9. The van der Waals surface area contributed by atoms with Crippen molar-refractivity contribution in [1.82, 2.24) is 10.1 Å². The second-order valence-electron chi connectivity index (χ2n) is 5.67. The van der Waals surface area contributed by atoms with E-state index in [0.717, 1.165) is 11.3 Å². The number of nitrogen functional groups attached to an aromatic ring is 1. The van der Waals surface area contributed by atoms with Crippen LogP contribution in [-0.2, 0) is 0 Å². The van der Waals surface area contributed by atoms with Gasteiger partial charge in [0, 0.05) is 11.6 Å². The SMILES string of the molecule is CN1CCCC(c2cccc(-c3cc(N)on3)c2)CC1. The number of rotatable bonds is 2. The van der Waals surface area contributed by atoms with Gasteiger partial charge in [-0.1, -0.05) is 23.4 Å². The van der Waals surface area contributed by atoms with Crippen LogP contribution in [-0.4, -0.2) is 30.2 Å². The number of likely N-dealkylation sites (tertiary alicyclic amines) is 1. The van der Waals surface area contributed by atoms with Crippen molar-refractivity contribution < 1.29 is 4.52 Å². The highest BCUT2D eigenvalue weighted by Gasteiger charge is 2.17. The molecule has 0 saturated carbocycles. The predicted octanol–water partition coefficient (Wildman–Crippen LogP) is 3.12. The first kappa shape index (κ1) is 13.2. The first-order valence-electron chi connectivity index (χ1n) is 7.23. The minimum Gasteiger partial charge on any atom is -0.368 e.